The molecule has 1 aliphatic carbocycles. The molecule has 4 nitrogen and oxygen atoms in total. The van der Waals surface area contributed by atoms with Gasteiger partial charge in [0, 0.05) is 19.0 Å². The Morgan fingerprint density at radius 1 is 1.21 bits per heavy atom. The number of nitrogens with one attached hydrogen (secondary N) is 1. The fraction of sp³-hybridized carbons (Fsp3) is 0.933. The van der Waals surface area contributed by atoms with E-state index in [1.54, 1.807) is 0 Å². The van der Waals surface area contributed by atoms with E-state index in [1.807, 2.05) is 0 Å². The molecule has 0 bridgehead atoms. The molecular weight excluding hydrogens is 238 g/mol. The van der Waals surface area contributed by atoms with Gasteiger partial charge in [-0.15, -0.1) is 0 Å². The molecule has 112 valence electrons. The van der Waals surface area contributed by atoms with Crippen molar-refractivity contribution in [2.24, 2.45) is 11.7 Å². The summed E-state index contributed by atoms with van der Waals surface area (Å²) >= 11 is 0. The maximum Gasteiger partial charge on any atom is 0.220 e. The lowest BCUT2D eigenvalue weighted by atomic mass is 9.84. The van der Waals surface area contributed by atoms with Crippen molar-refractivity contribution in [2.45, 2.75) is 58.4 Å². The predicted molar refractivity (Wildman–Crippen MR) is 80.0 cm³/mol. The summed E-state index contributed by atoms with van der Waals surface area (Å²) in [7, 11) is 0. The Bertz CT molecular complexity index is 246. The third-order valence-corrected chi connectivity index (χ3v) is 4.23. The Morgan fingerprint density at radius 2 is 1.84 bits per heavy atom. The standard InChI is InChI=1S/C15H31N3O/c1-3-18(4-2)11-5-10-17-15(19)12-13-6-8-14(16)9-7-13/h13-14H,3-12,16H2,1-2H3,(H,17,19). The van der Waals surface area contributed by atoms with Crippen LogP contribution >= 0.6 is 0 Å². The second-order valence-electron chi connectivity index (χ2n) is 5.72. The first-order chi connectivity index (χ1) is 9.15. The SMILES string of the molecule is CCN(CC)CCCNC(=O)CC1CCC(N)CC1. The van der Waals surface area contributed by atoms with Crippen LogP contribution in [0.25, 0.3) is 0 Å². The minimum Gasteiger partial charge on any atom is -0.356 e. The van der Waals surface area contributed by atoms with E-state index in [9.17, 15) is 4.79 Å². The Kier molecular flexibility index (Phi) is 8.07. The molecule has 1 aliphatic rings. The molecule has 0 aromatic heterocycles. The number of hydrogen-bond acceptors (Lipinski definition) is 3. The molecule has 19 heavy (non-hydrogen) atoms. The summed E-state index contributed by atoms with van der Waals surface area (Å²) in [6.45, 7) is 8.42. The highest BCUT2D eigenvalue weighted by molar-refractivity contribution is 5.76. The maximum atomic E-state index is 11.8. The largest absolute Gasteiger partial charge is 0.356 e. The lowest BCUT2D eigenvalue weighted by Gasteiger charge is -2.25. The third-order valence-electron chi connectivity index (χ3n) is 4.23. The summed E-state index contributed by atoms with van der Waals surface area (Å²) in [6, 6.07) is 0.369. The topological polar surface area (TPSA) is 58.4 Å². The number of hydrogen-bond donors (Lipinski definition) is 2. The molecular formula is C15H31N3O. The van der Waals surface area contributed by atoms with Gasteiger partial charge in [0.15, 0.2) is 0 Å². The van der Waals surface area contributed by atoms with E-state index in [-0.39, 0.29) is 5.91 Å². The van der Waals surface area contributed by atoms with Crippen molar-refractivity contribution < 1.29 is 4.79 Å². The minimum absolute atomic E-state index is 0.222. The highest BCUT2D eigenvalue weighted by Crippen LogP contribution is 2.25. The highest BCUT2D eigenvalue weighted by Gasteiger charge is 2.20. The van der Waals surface area contributed by atoms with Crippen LogP contribution in [0.15, 0.2) is 0 Å². The van der Waals surface area contributed by atoms with Gasteiger partial charge in [-0.2, -0.15) is 0 Å². The fourth-order valence-corrected chi connectivity index (χ4v) is 2.80. The minimum atomic E-state index is 0.222. The lowest BCUT2D eigenvalue weighted by molar-refractivity contribution is -0.122. The molecule has 1 saturated carbocycles. The van der Waals surface area contributed by atoms with Gasteiger partial charge in [-0.05, 0) is 57.7 Å². The van der Waals surface area contributed by atoms with Gasteiger partial charge in [-0.3, -0.25) is 4.79 Å². The van der Waals surface area contributed by atoms with Crippen molar-refractivity contribution in [1.82, 2.24) is 10.2 Å². The van der Waals surface area contributed by atoms with Crippen molar-refractivity contribution in [2.75, 3.05) is 26.2 Å². The van der Waals surface area contributed by atoms with Crippen molar-refractivity contribution in [3.05, 3.63) is 0 Å². The average Bonchev–Trinajstić information content (AvgIpc) is 2.42. The van der Waals surface area contributed by atoms with Crippen molar-refractivity contribution in [1.29, 1.82) is 0 Å². The smallest absolute Gasteiger partial charge is 0.220 e. The van der Waals surface area contributed by atoms with E-state index in [1.165, 1.54) is 0 Å². The Morgan fingerprint density at radius 3 is 2.42 bits per heavy atom. The Hall–Kier alpha value is -0.610. The van der Waals surface area contributed by atoms with E-state index < -0.39 is 0 Å². The predicted octanol–water partition coefficient (Wildman–Crippen LogP) is 1.74. The van der Waals surface area contributed by atoms with Crippen LogP contribution < -0.4 is 11.1 Å². The highest BCUT2D eigenvalue weighted by atomic mass is 16.1. The number of carbonyl (C=O) groups is 1. The van der Waals surface area contributed by atoms with Crippen LogP contribution in [0.5, 0.6) is 0 Å². The number of amides is 1. The Balaban J connectivity index is 2.05. The van der Waals surface area contributed by atoms with Crippen molar-refractivity contribution in [3.63, 3.8) is 0 Å². The molecule has 3 N–H and O–H groups in total. The van der Waals surface area contributed by atoms with Crippen molar-refractivity contribution in [3.8, 4) is 0 Å². The third kappa shape index (κ3) is 6.92. The fourth-order valence-electron chi connectivity index (χ4n) is 2.80. The number of carbonyl (C=O) groups excluding carboxylic acids is 1. The number of nitrogens with zero attached hydrogens (tertiary/aromatic N) is 1. The summed E-state index contributed by atoms with van der Waals surface area (Å²) in [4.78, 5) is 14.2. The zero-order valence-corrected chi connectivity index (χ0v) is 12.7. The van der Waals surface area contributed by atoms with Gasteiger partial charge in [-0.1, -0.05) is 13.8 Å². The summed E-state index contributed by atoms with van der Waals surface area (Å²) in [5, 5.41) is 3.05. The lowest BCUT2D eigenvalue weighted by Crippen LogP contribution is -2.32. The van der Waals surface area contributed by atoms with Crippen molar-refractivity contribution >= 4 is 5.91 Å². The van der Waals surface area contributed by atoms with E-state index in [2.05, 4.69) is 24.1 Å². The molecule has 0 aliphatic heterocycles. The first kappa shape index (κ1) is 16.4. The van der Waals surface area contributed by atoms with Gasteiger partial charge in [0.2, 0.25) is 5.91 Å². The molecule has 0 spiro atoms. The van der Waals surface area contributed by atoms with Gasteiger partial charge < -0.3 is 16.0 Å². The molecule has 0 saturated heterocycles. The number of rotatable bonds is 8. The average molecular weight is 269 g/mol. The molecule has 0 aromatic rings. The van der Waals surface area contributed by atoms with Gasteiger partial charge >= 0.3 is 0 Å². The van der Waals surface area contributed by atoms with Crippen LogP contribution in [-0.4, -0.2) is 43.0 Å². The molecule has 4 heteroatoms. The quantitative estimate of drug-likeness (QED) is 0.660. The maximum absolute atomic E-state index is 11.8. The van der Waals surface area contributed by atoms with Crippen LogP contribution in [0.1, 0.15) is 52.4 Å². The van der Waals surface area contributed by atoms with Gasteiger partial charge in [-0.25, -0.2) is 0 Å². The molecule has 0 aromatic carbocycles. The van der Waals surface area contributed by atoms with Gasteiger partial charge in [0.25, 0.3) is 0 Å². The zero-order valence-electron chi connectivity index (χ0n) is 12.7. The molecule has 1 rings (SSSR count). The summed E-state index contributed by atoms with van der Waals surface area (Å²) < 4.78 is 0. The molecule has 0 unspecified atom stereocenters. The van der Waals surface area contributed by atoms with Crippen LogP contribution in [0.3, 0.4) is 0 Å². The summed E-state index contributed by atoms with van der Waals surface area (Å²) in [6.07, 6.45) is 6.14. The number of nitrogens with two attached hydrogens (primary N) is 1. The molecule has 1 fully saturated rings. The molecule has 0 atom stereocenters. The van der Waals surface area contributed by atoms with Gasteiger partial charge in [0.1, 0.15) is 0 Å². The monoisotopic (exact) mass is 269 g/mol. The first-order valence-electron chi connectivity index (χ1n) is 7.90. The normalized spacial score (nSPS) is 23.6. The van der Waals surface area contributed by atoms with E-state index in [0.717, 1.165) is 58.3 Å². The van der Waals surface area contributed by atoms with Crippen LogP contribution in [0.2, 0.25) is 0 Å². The van der Waals surface area contributed by atoms with E-state index >= 15 is 0 Å². The molecule has 1 amide bonds. The zero-order chi connectivity index (χ0) is 14.1. The summed E-state index contributed by atoms with van der Waals surface area (Å²) in [5.41, 5.74) is 5.88. The molecule has 0 radical (unpaired) electrons. The van der Waals surface area contributed by atoms with Crippen LogP contribution in [0.4, 0.5) is 0 Å². The summed E-state index contributed by atoms with van der Waals surface area (Å²) in [5.74, 6) is 0.780. The Labute approximate surface area is 118 Å². The molecule has 0 heterocycles. The van der Waals surface area contributed by atoms with Gasteiger partial charge in [0.05, 0.1) is 0 Å². The second-order valence-corrected chi connectivity index (χ2v) is 5.72. The van der Waals surface area contributed by atoms with E-state index in [0.29, 0.717) is 18.4 Å². The second kappa shape index (κ2) is 9.32. The van der Waals surface area contributed by atoms with Crippen LogP contribution in [-0.2, 0) is 4.79 Å². The van der Waals surface area contributed by atoms with Crippen LogP contribution in [0, 0.1) is 5.92 Å². The van der Waals surface area contributed by atoms with E-state index in [4.69, 9.17) is 5.73 Å². The first-order valence-corrected chi connectivity index (χ1v) is 7.90.